The number of anilines is 1. The minimum absolute atomic E-state index is 0.0299. The molecule has 8 nitrogen and oxygen atoms in total. The van der Waals surface area contributed by atoms with Crippen molar-refractivity contribution in [3.63, 3.8) is 0 Å². The summed E-state index contributed by atoms with van der Waals surface area (Å²) in [6.45, 7) is 3.58. The molecular weight excluding hydrogens is 334 g/mol. The Labute approximate surface area is 151 Å². The number of carbonyl (C=O) groups excluding carboxylic acids is 1. The zero-order valence-corrected chi connectivity index (χ0v) is 14.6. The van der Waals surface area contributed by atoms with Crippen molar-refractivity contribution >= 4 is 17.7 Å². The molecule has 1 atom stereocenters. The molecule has 1 aliphatic heterocycles. The van der Waals surface area contributed by atoms with E-state index >= 15 is 0 Å². The number of aromatic carboxylic acids is 1. The highest BCUT2D eigenvalue weighted by molar-refractivity contribution is 5.96. The molecule has 1 amide bonds. The first-order chi connectivity index (χ1) is 12.6. The van der Waals surface area contributed by atoms with Crippen LogP contribution in [-0.2, 0) is 6.42 Å². The molecule has 1 aliphatic rings. The fourth-order valence-electron chi connectivity index (χ4n) is 3.01. The molecule has 0 bridgehead atoms. The molecule has 1 unspecified atom stereocenters. The summed E-state index contributed by atoms with van der Waals surface area (Å²) in [6, 6.07) is 4.75. The molecule has 3 heterocycles. The van der Waals surface area contributed by atoms with Crippen LogP contribution in [0.4, 0.5) is 5.82 Å². The van der Waals surface area contributed by atoms with Crippen molar-refractivity contribution in [1.82, 2.24) is 20.3 Å². The van der Waals surface area contributed by atoms with E-state index < -0.39 is 5.97 Å². The molecule has 1 saturated heterocycles. The van der Waals surface area contributed by atoms with Crippen molar-refractivity contribution in [2.45, 2.75) is 32.2 Å². The molecule has 0 saturated carbocycles. The summed E-state index contributed by atoms with van der Waals surface area (Å²) in [4.78, 5) is 37.9. The Kier molecular flexibility index (Phi) is 5.40. The maximum Gasteiger partial charge on any atom is 0.354 e. The van der Waals surface area contributed by atoms with Gasteiger partial charge in [-0.25, -0.2) is 19.7 Å². The summed E-state index contributed by atoms with van der Waals surface area (Å²) in [5, 5.41) is 12.0. The van der Waals surface area contributed by atoms with Gasteiger partial charge in [-0.15, -0.1) is 0 Å². The van der Waals surface area contributed by atoms with Gasteiger partial charge in [-0.05, 0) is 31.4 Å². The largest absolute Gasteiger partial charge is 0.477 e. The molecule has 0 radical (unpaired) electrons. The fraction of sp³-hybridized carbons (Fsp3) is 0.389. The van der Waals surface area contributed by atoms with Crippen LogP contribution in [0.25, 0.3) is 0 Å². The molecule has 136 valence electrons. The molecule has 2 N–H and O–H groups in total. The minimum atomic E-state index is -1.15. The van der Waals surface area contributed by atoms with E-state index in [2.05, 4.69) is 25.2 Å². The van der Waals surface area contributed by atoms with Crippen molar-refractivity contribution < 1.29 is 14.7 Å². The number of aromatic nitrogens is 3. The quantitative estimate of drug-likeness (QED) is 0.837. The Bertz CT molecular complexity index is 811. The minimum Gasteiger partial charge on any atom is -0.477 e. The summed E-state index contributed by atoms with van der Waals surface area (Å²) >= 11 is 0. The highest BCUT2D eigenvalue weighted by Crippen LogP contribution is 2.18. The predicted octanol–water partition coefficient (Wildman–Crippen LogP) is 1.53. The Morgan fingerprint density at radius 3 is 2.92 bits per heavy atom. The van der Waals surface area contributed by atoms with Gasteiger partial charge >= 0.3 is 5.97 Å². The SMILES string of the molecule is CCc1cc(N2CCCC(NC(=O)c3ccnc(C(=O)O)c3)C2)ncn1. The number of nitrogens with zero attached hydrogens (tertiary/aromatic N) is 4. The third-order valence-corrected chi connectivity index (χ3v) is 4.39. The Balaban J connectivity index is 1.67. The standard InChI is InChI=1S/C18H21N5O3/c1-2-13-9-16(21-11-20-13)23-7-3-4-14(10-23)22-17(24)12-5-6-19-15(8-12)18(25)26/h5-6,8-9,11,14H,2-4,7,10H2,1H3,(H,22,24)(H,25,26). The van der Waals surface area contributed by atoms with Gasteiger partial charge in [0.1, 0.15) is 17.8 Å². The zero-order valence-electron chi connectivity index (χ0n) is 14.6. The first-order valence-electron chi connectivity index (χ1n) is 8.63. The average molecular weight is 355 g/mol. The highest BCUT2D eigenvalue weighted by atomic mass is 16.4. The summed E-state index contributed by atoms with van der Waals surface area (Å²) in [6.07, 6.45) is 5.55. The first kappa shape index (κ1) is 17.8. The van der Waals surface area contributed by atoms with Crippen molar-refractivity contribution in [2.24, 2.45) is 0 Å². The van der Waals surface area contributed by atoms with E-state index in [1.807, 2.05) is 13.0 Å². The summed E-state index contributed by atoms with van der Waals surface area (Å²) in [5.74, 6) is -0.578. The van der Waals surface area contributed by atoms with Gasteiger partial charge in [0.25, 0.3) is 5.91 Å². The number of rotatable bonds is 5. The number of amides is 1. The number of nitrogens with one attached hydrogen (secondary N) is 1. The smallest absolute Gasteiger partial charge is 0.354 e. The van der Waals surface area contributed by atoms with Gasteiger partial charge in [0.15, 0.2) is 0 Å². The lowest BCUT2D eigenvalue weighted by molar-refractivity contribution is 0.0690. The maximum absolute atomic E-state index is 12.5. The molecule has 0 aliphatic carbocycles. The van der Waals surface area contributed by atoms with Crippen LogP contribution in [0, 0.1) is 0 Å². The summed E-state index contributed by atoms with van der Waals surface area (Å²) < 4.78 is 0. The van der Waals surface area contributed by atoms with Gasteiger partial charge in [0.05, 0.1) is 0 Å². The van der Waals surface area contributed by atoms with Crippen LogP contribution in [0.5, 0.6) is 0 Å². The predicted molar refractivity (Wildman–Crippen MR) is 95.3 cm³/mol. The number of carboxylic acids is 1. The average Bonchev–Trinajstić information content (AvgIpc) is 2.68. The monoisotopic (exact) mass is 355 g/mol. The van der Waals surface area contributed by atoms with E-state index in [1.54, 1.807) is 6.33 Å². The van der Waals surface area contributed by atoms with Crippen molar-refractivity contribution in [3.8, 4) is 0 Å². The van der Waals surface area contributed by atoms with Gasteiger partial charge in [-0.3, -0.25) is 4.79 Å². The molecule has 1 fully saturated rings. The Morgan fingerprint density at radius 2 is 2.15 bits per heavy atom. The van der Waals surface area contributed by atoms with Crippen LogP contribution < -0.4 is 10.2 Å². The number of carbonyl (C=O) groups is 2. The number of hydrogen-bond donors (Lipinski definition) is 2. The lowest BCUT2D eigenvalue weighted by Gasteiger charge is -2.34. The lowest BCUT2D eigenvalue weighted by Crippen LogP contribution is -2.48. The van der Waals surface area contributed by atoms with Crippen LogP contribution in [0.2, 0.25) is 0 Å². The lowest BCUT2D eigenvalue weighted by atomic mass is 10.0. The fourth-order valence-corrected chi connectivity index (χ4v) is 3.01. The van der Waals surface area contributed by atoms with Crippen LogP contribution in [0.1, 0.15) is 46.3 Å². The number of pyridine rings is 1. The van der Waals surface area contributed by atoms with Crippen LogP contribution in [0.3, 0.4) is 0 Å². The third-order valence-electron chi connectivity index (χ3n) is 4.39. The molecule has 2 aromatic rings. The molecule has 26 heavy (non-hydrogen) atoms. The van der Waals surface area contributed by atoms with Crippen molar-refractivity contribution in [2.75, 3.05) is 18.0 Å². The van der Waals surface area contributed by atoms with Crippen molar-refractivity contribution in [3.05, 3.63) is 47.7 Å². The number of piperidine rings is 1. The zero-order chi connectivity index (χ0) is 18.5. The van der Waals surface area contributed by atoms with Crippen LogP contribution in [-0.4, -0.2) is 51.1 Å². The second-order valence-electron chi connectivity index (χ2n) is 6.21. The van der Waals surface area contributed by atoms with E-state index in [0.29, 0.717) is 12.1 Å². The maximum atomic E-state index is 12.5. The molecule has 2 aromatic heterocycles. The van der Waals surface area contributed by atoms with E-state index in [-0.39, 0.29) is 17.6 Å². The molecule has 8 heteroatoms. The first-order valence-corrected chi connectivity index (χ1v) is 8.63. The molecule has 0 spiro atoms. The van der Waals surface area contributed by atoms with Gasteiger partial charge < -0.3 is 15.3 Å². The normalized spacial score (nSPS) is 17.0. The summed E-state index contributed by atoms with van der Waals surface area (Å²) in [7, 11) is 0. The number of carboxylic acid groups (broad SMARTS) is 1. The van der Waals surface area contributed by atoms with Crippen LogP contribution in [0.15, 0.2) is 30.7 Å². The van der Waals surface area contributed by atoms with E-state index in [1.165, 1.54) is 18.3 Å². The topological polar surface area (TPSA) is 108 Å². The van der Waals surface area contributed by atoms with Crippen molar-refractivity contribution in [1.29, 1.82) is 0 Å². The highest BCUT2D eigenvalue weighted by Gasteiger charge is 2.23. The molecule has 0 aromatic carbocycles. The van der Waals surface area contributed by atoms with Gasteiger partial charge in [0.2, 0.25) is 0 Å². The summed E-state index contributed by atoms with van der Waals surface area (Å²) in [5.41, 5.74) is 1.14. The Hall–Kier alpha value is -3.03. The van der Waals surface area contributed by atoms with Crippen LogP contribution >= 0.6 is 0 Å². The second-order valence-corrected chi connectivity index (χ2v) is 6.21. The van der Waals surface area contributed by atoms with E-state index in [9.17, 15) is 9.59 Å². The van der Waals surface area contributed by atoms with Gasteiger partial charge in [-0.1, -0.05) is 6.92 Å². The third kappa shape index (κ3) is 4.14. The van der Waals surface area contributed by atoms with Gasteiger partial charge in [-0.2, -0.15) is 0 Å². The number of hydrogen-bond acceptors (Lipinski definition) is 6. The van der Waals surface area contributed by atoms with E-state index in [0.717, 1.165) is 37.3 Å². The molecule has 3 rings (SSSR count). The van der Waals surface area contributed by atoms with Gasteiger partial charge in [0, 0.05) is 42.7 Å². The second kappa shape index (κ2) is 7.90. The van der Waals surface area contributed by atoms with E-state index in [4.69, 9.17) is 5.11 Å². The Morgan fingerprint density at radius 1 is 1.31 bits per heavy atom. The molecular formula is C18H21N5O3. The number of aryl methyl sites for hydroxylation is 1.